The molecule has 0 N–H and O–H groups in total. The zero-order valence-corrected chi connectivity index (χ0v) is 16.9. The van der Waals surface area contributed by atoms with Crippen molar-refractivity contribution in [1.82, 2.24) is 14.5 Å². The van der Waals surface area contributed by atoms with Crippen LogP contribution in [-0.2, 0) is 22.5 Å². The first kappa shape index (κ1) is 19.0. The van der Waals surface area contributed by atoms with Crippen LogP contribution in [0.1, 0.15) is 12.5 Å². The van der Waals surface area contributed by atoms with E-state index in [1.54, 1.807) is 11.8 Å². The van der Waals surface area contributed by atoms with E-state index in [4.69, 9.17) is 9.72 Å². The molecule has 0 bridgehead atoms. The molecule has 1 unspecified atom stereocenters. The molecule has 2 aromatic carbocycles. The highest BCUT2D eigenvalue weighted by Gasteiger charge is 2.25. The lowest BCUT2D eigenvalue weighted by molar-refractivity contribution is -0.134. The number of carbonyl (C=O) groups is 1. The number of hydrogen-bond donors (Lipinski definition) is 0. The number of nitrogens with zero attached hydrogens (tertiary/aromatic N) is 3. The number of thioether (sulfide) groups is 1. The molecule has 4 rings (SSSR count). The average molecular weight is 396 g/mol. The van der Waals surface area contributed by atoms with Crippen LogP contribution in [0.5, 0.6) is 0 Å². The van der Waals surface area contributed by atoms with Crippen molar-refractivity contribution in [2.24, 2.45) is 0 Å². The summed E-state index contributed by atoms with van der Waals surface area (Å²) >= 11 is 1.55. The number of morpholine rings is 1. The second-order valence-electron chi connectivity index (χ2n) is 6.97. The third-order valence-electron chi connectivity index (χ3n) is 5.04. The minimum atomic E-state index is -0.176. The Bertz CT molecular complexity index is 935. The summed E-state index contributed by atoms with van der Waals surface area (Å²) in [5.74, 6) is 0.162. The van der Waals surface area contributed by atoms with Crippen molar-refractivity contribution in [2.45, 2.75) is 30.3 Å². The van der Waals surface area contributed by atoms with Gasteiger partial charge < -0.3 is 14.2 Å². The molecule has 1 aliphatic rings. The summed E-state index contributed by atoms with van der Waals surface area (Å²) in [4.78, 5) is 19.5. The Balaban J connectivity index is 1.54. The van der Waals surface area contributed by atoms with Crippen LogP contribution < -0.4 is 0 Å². The summed E-state index contributed by atoms with van der Waals surface area (Å²) in [6.07, 6.45) is 0.931. The summed E-state index contributed by atoms with van der Waals surface area (Å²) < 4.78 is 7.61. The van der Waals surface area contributed by atoms with Gasteiger partial charge in [0.25, 0.3) is 0 Å². The minimum Gasteiger partial charge on any atom is -0.378 e. The highest BCUT2D eigenvalue weighted by molar-refractivity contribution is 8.00. The lowest BCUT2D eigenvalue weighted by Crippen LogP contribution is -2.44. The van der Waals surface area contributed by atoms with E-state index in [1.165, 1.54) is 5.56 Å². The van der Waals surface area contributed by atoms with Gasteiger partial charge in [-0.3, -0.25) is 4.79 Å². The molecule has 1 amide bonds. The Morgan fingerprint density at radius 1 is 1.11 bits per heavy atom. The SMILES string of the molecule is CC(Sc1nc2ccccc2n1CCc1ccccc1)C(=O)N1CCOCC1. The molecule has 2 heterocycles. The van der Waals surface area contributed by atoms with Gasteiger partial charge in [-0.25, -0.2) is 4.98 Å². The van der Waals surface area contributed by atoms with E-state index >= 15 is 0 Å². The number of hydrogen-bond acceptors (Lipinski definition) is 4. The van der Waals surface area contributed by atoms with E-state index in [-0.39, 0.29) is 11.2 Å². The number of fused-ring (bicyclic) bond motifs is 1. The van der Waals surface area contributed by atoms with Gasteiger partial charge in [0.15, 0.2) is 5.16 Å². The zero-order valence-electron chi connectivity index (χ0n) is 16.1. The predicted molar refractivity (Wildman–Crippen MR) is 113 cm³/mol. The number of rotatable bonds is 6. The van der Waals surface area contributed by atoms with Gasteiger partial charge in [0, 0.05) is 19.6 Å². The van der Waals surface area contributed by atoms with Crippen molar-refractivity contribution in [1.29, 1.82) is 0 Å². The van der Waals surface area contributed by atoms with Crippen LogP contribution in [0.4, 0.5) is 0 Å². The largest absolute Gasteiger partial charge is 0.378 e. The first-order valence-electron chi connectivity index (χ1n) is 9.75. The molecule has 1 atom stereocenters. The molecule has 0 aliphatic carbocycles. The minimum absolute atomic E-state index is 0.162. The monoisotopic (exact) mass is 395 g/mol. The van der Waals surface area contributed by atoms with Gasteiger partial charge in [-0.05, 0) is 31.0 Å². The topological polar surface area (TPSA) is 47.4 Å². The summed E-state index contributed by atoms with van der Waals surface area (Å²) in [6, 6.07) is 18.7. The molecule has 3 aromatic rings. The van der Waals surface area contributed by atoms with E-state index in [9.17, 15) is 4.79 Å². The molecule has 28 heavy (non-hydrogen) atoms. The van der Waals surface area contributed by atoms with E-state index in [2.05, 4.69) is 34.9 Å². The van der Waals surface area contributed by atoms with Crippen LogP contribution in [0.15, 0.2) is 59.8 Å². The maximum Gasteiger partial charge on any atom is 0.236 e. The summed E-state index contributed by atoms with van der Waals surface area (Å²) in [5, 5.41) is 0.733. The molecular weight excluding hydrogens is 370 g/mol. The summed E-state index contributed by atoms with van der Waals surface area (Å²) in [7, 11) is 0. The first-order valence-corrected chi connectivity index (χ1v) is 10.6. The summed E-state index contributed by atoms with van der Waals surface area (Å²) in [5.41, 5.74) is 3.39. The van der Waals surface area contributed by atoms with Crippen LogP contribution in [-0.4, -0.2) is 51.9 Å². The molecule has 1 aliphatic heterocycles. The lowest BCUT2D eigenvalue weighted by Gasteiger charge is -2.29. The fourth-order valence-electron chi connectivity index (χ4n) is 3.49. The number of benzene rings is 2. The molecule has 5 nitrogen and oxygen atoms in total. The molecular formula is C22H25N3O2S. The van der Waals surface area contributed by atoms with Crippen LogP contribution in [0.3, 0.4) is 0 Å². The standard InChI is InChI=1S/C22H25N3O2S/c1-17(21(26)24-13-15-27-16-14-24)28-22-23-19-9-5-6-10-20(19)25(22)12-11-18-7-3-2-4-8-18/h2-10,17H,11-16H2,1H3. The molecule has 6 heteroatoms. The third kappa shape index (κ3) is 4.23. The van der Waals surface area contributed by atoms with Gasteiger partial charge in [0.05, 0.1) is 29.5 Å². The highest BCUT2D eigenvalue weighted by Crippen LogP contribution is 2.28. The smallest absolute Gasteiger partial charge is 0.236 e. The first-order chi connectivity index (χ1) is 13.7. The van der Waals surface area contributed by atoms with E-state index < -0.39 is 0 Å². The van der Waals surface area contributed by atoms with Crippen molar-refractivity contribution in [3.8, 4) is 0 Å². The van der Waals surface area contributed by atoms with Crippen molar-refractivity contribution >= 4 is 28.7 Å². The Morgan fingerprint density at radius 3 is 2.61 bits per heavy atom. The Kier molecular flexibility index (Phi) is 5.98. The van der Waals surface area contributed by atoms with Crippen molar-refractivity contribution in [2.75, 3.05) is 26.3 Å². The fraction of sp³-hybridized carbons (Fsp3) is 0.364. The van der Waals surface area contributed by atoms with Gasteiger partial charge in [0.2, 0.25) is 5.91 Å². The van der Waals surface area contributed by atoms with Crippen LogP contribution in [0.2, 0.25) is 0 Å². The highest BCUT2D eigenvalue weighted by atomic mass is 32.2. The van der Waals surface area contributed by atoms with Gasteiger partial charge >= 0.3 is 0 Å². The van der Waals surface area contributed by atoms with E-state index in [0.29, 0.717) is 26.3 Å². The molecule has 0 spiro atoms. The number of carbonyl (C=O) groups excluding carboxylic acids is 1. The van der Waals surface area contributed by atoms with Gasteiger partial charge in [0.1, 0.15) is 0 Å². The predicted octanol–water partition coefficient (Wildman–Crippen LogP) is 3.62. The average Bonchev–Trinajstić information content (AvgIpc) is 3.10. The molecule has 1 fully saturated rings. The van der Waals surface area contributed by atoms with Crippen LogP contribution >= 0.6 is 11.8 Å². The van der Waals surface area contributed by atoms with Gasteiger partial charge in [-0.2, -0.15) is 0 Å². The van der Waals surface area contributed by atoms with Gasteiger partial charge in [-0.1, -0.05) is 54.2 Å². The molecule has 146 valence electrons. The normalized spacial score (nSPS) is 15.7. The number of ether oxygens (including phenoxy) is 1. The van der Waals surface area contributed by atoms with Crippen molar-refractivity contribution in [3.05, 3.63) is 60.2 Å². The molecule has 0 radical (unpaired) electrons. The second kappa shape index (κ2) is 8.80. The maximum atomic E-state index is 12.8. The molecule has 0 saturated carbocycles. The quantitative estimate of drug-likeness (QED) is 0.598. The van der Waals surface area contributed by atoms with Crippen molar-refractivity contribution < 1.29 is 9.53 Å². The number of aromatic nitrogens is 2. The number of amides is 1. The van der Waals surface area contributed by atoms with Crippen molar-refractivity contribution in [3.63, 3.8) is 0 Å². The maximum absolute atomic E-state index is 12.8. The molecule has 1 saturated heterocycles. The van der Waals surface area contributed by atoms with Crippen LogP contribution in [0.25, 0.3) is 11.0 Å². The second-order valence-corrected chi connectivity index (χ2v) is 8.28. The van der Waals surface area contributed by atoms with E-state index in [1.807, 2.05) is 36.1 Å². The zero-order chi connectivity index (χ0) is 19.3. The third-order valence-corrected chi connectivity index (χ3v) is 6.12. The Labute approximate surface area is 169 Å². The Hall–Kier alpha value is -2.31. The number of aryl methyl sites for hydroxylation is 2. The Morgan fingerprint density at radius 2 is 1.82 bits per heavy atom. The lowest BCUT2D eigenvalue weighted by atomic mass is 10.1. The van der Waals surface area contributed by atoms with Gasteiger partial charge in [-0.15, -0.1) is 0 Å². The molecule has 1 aromatic heterocycles. The van der Waals surface area contributed by atoms with Crippen LogP contribution in [0, 0.1) is 0 Å². The van der Waals surface area contributed by atoms with E-state index in [0.717, 1.165) is 29.2 Å². The fourth-order valence-corrected chi connectivity index (χ4v) is 4.53. The number of imidazole rings is 1. The summed E-state index contributed by atoms with van der Waals surface area (Å²) in [6.45, 7) is 5.41. The number of para-hydroxylation sites is 2.